The third kappa shape index (κ3) is 4.24. The predicted octanol–water partition coefficient (Wildman–Crippen LogP) is 2.03. The summed E-state index contributed by atoms with van der Waals surface area (Å²) in [5.41, 5.74) is 1.28. The van der Waals surface area contributed by atoms with Crippen LogP contribution in [0.15, 0.2) is 29.2 Å². The average Bonchev–Trinajstić information content (AvgIpc) is 2.82. The Morgan fingerprint density at radius 2 is 2.23 bits per heavy atom. The molecule has 1 amide bonds. The number of hydrogen-bond donors (Lipinski definition) is 2. The van der Waals surface area contributed by atoms with E-state index in [1.807, 2.05) is 11.8 Å². The van der Waals surface area contributed by atoms with Crippen LogP contribution in [0.5, 0.6) is 0 Å². The van der Waals surface area contributed by atoms with E-state index in [1.165, 1.54) is 16.9 Å². The summed E-state index contributed by atoms with van der Waals surface area (Å²) in [5, 5.41) is 6.63. The Balaban J connectivity index is 1.50. The molecular formula is C17H25N3OS. The fourth-order valence-corrected chi connectivity index (χ4v) is 4.27. The van der Waals surface area contributed by atoms with Crippen LogP contribution in [-0.2, 0) is 4.79 Å². The predicted molar refractivity (Wildman–Crippen MR) is 91.2 cm³/mol. The van der Waals surface area contributed by atoms with Crippen molar-refractivity contribution >= 4 is 17.7 Å². The molecule has 2 aliphatic heterocycles. The Hall–Kier alpha value is -1.04. The van der Waals surface area contributed by atoms with Crippen molar-refractivity contribution in [1.82, 2.24) is 15.5 Å². The first-order chi connectivity index (χ1) is 10.8. The Labute approximate surface area is 137 Å². The van der Waals surface area contributed by atoms with Gasteiger partial charge in [-0.15, -0.1) is 11.8 Å². The van der Waals surface area contributed by atoms with E-state index >= 15 is 0 Å². The minimum Gasteiger partial charge on any atom is -0.349 e. The summed E-state index contributed by atoms with van der Waals surface area (Å²) in [6.45, 7) is 5.16. The summed E-state index contributed by atoms with van der Waals surface area (Å²) >= 11 is 1.89. The first kappa shape index (κ1) is 15.8. The van der Waals surface area contributed by atoms with Crippen molar-refractivity contribution in [2.24, 2.45) is 0 Å². The second-order valence-electron chi connectivity index (χ2n) is 5.99. The molecule has 0 radical (unpaired) electrons. The third-order valence-corrected chi connectivity index (χ3v) is 5.50. The average molecular weight is 319 g/mol. The van der Waals surface area contributed by atoms with Crippen LogP contribution >= 0.6 is 11.8 Å². The Bertz CT molecular complexity index is 500. The van der Waals surface area contributed by atoms with Crippen LogP contribution in [0.3, 0.4) is 0 Å². The molecule has 0 bridgehead atoms. The largest absolute Gasteiger partial charge is 0.349 e. The molecule has 1 unspecified atom stereocenters. The van der Waals surface area contributed by atoms with Crippen LogP contribution in [0.25, 0.3) is 0 Å². The lowest BCUT2D eigenvalue weighted by Crippen LogP contribution is -2.35. The minimum absolute atomic E-state index is 0.184. The van der Waals surface area contributed by atoms with Gasteiger partial charge in [0.25, 0.3) is 0 Å². The molecule has 0 aromatic heterocycles. The summed E-state index contributed by atoms with van der Waals surface area (Å²) in [7, 11) is 0. The van der Waals surface area contributed by atoms with Gasteiger partial charge in [-0.05, 0) is 37.6 Å². The number of rotatable bonds is 4. The molecule has 0 spiro atoms. The van der Waals surface area contributed by atoms with E-state index in [0.29, 0.717) is 6.42 Å². The molecule has 22 heavy (non-hydrogen) atoms. The van der Waals surface area contributed by atoms with Crippen molar-refractivity contribution in [3.8, 4) is 0 Å². The van der Waals surface area contributed by atoms with Crippen LogP contribution in [0, 0.1) is 0 Å². The van der Waals surface area contributed by atoms with Gasteiger partial charge in [0.1, 0.15) is 0 Å². The zero-order chi connectivity index (χ0) is 15.2. The van der Waals surface area contributed by atoms with E-state index in [2.05, 4.69) is 39.8 Å². The van der Waals surface area contributed by atoms with Crippen molar-refractivity contribution in [3.63, 3.8) is 0 Å². The van der Waals surface area contributed by atoms with Gasteiger partial charge in [0.05, 0.1) is 6.04 Å². The number of amides is 1. The second kappa shape index (κ2) is 7.99. The van der Waals surface area contributed by atoms with Crippen LogP contribution in [-0.4, -0.2) is 49.3 Å². The number of benzene rings is 1. The molecule has 1 atom stereocenters. The van der Waals surface area contributed by atoms with Gasteiger partial charge in [0, 0.05) is 36.7 Å². The van der Waals surface area contributed by atoms with Gasteiger partial charge in [-0.25, -0.2) is 0 Å². The number of nitrogens with one attached hydrogen (secondary N) is 2. The summed E-state index contributed by atoms with van der Waals surface area (Å²) in [6, 6.07) is 8.63. The second-order valence-corrected chi connectivity index (χ2v) is 7.13. The molecule has 1 aromatic carbocycles. The molecule has 2 N–H and O–H groups in total. The monoisotopic (exact) mass is 319 g/mol. The highest BCUT2D eigenvalue weighted by atomic mass is 32.2. The van der Waals surface area contributed by atoms with E-state index < -0.39 is 0 Å². The fraction of sp³-hybridized carbons (Fsp3) is 0.588. The van der Waals surface area contributed by atoms with Crippen LogP contribution in [0.1, 0.15) is 30.9 Å². The number of fused-ring (bicyclic) bond motifs is 1. The van der Waals surface area contributed by atoms with Crippen molar-refractivity contribution in [3.05, 3.63) is 29.8 Å². The SMILES string of the molecule is O=C(CCN1CCCNCC1)NC1CCSc2ccccc21. The van der Waals surface area contributed by atoms with Gasteiger partial charge in [-0.3, -0.25) is 4.79 Å². The zero-order valence-electron chi connectivity index (χ0n) is 13.0. The van der Waals surface area contributed by atoms with Gasteiger partial charge in [0.2, 0.25) is 5.91 Å². The van der Waals surface area contributed by atoms with Gasteiger partial charge in [0.15, 0.2) is 0 Å². The fourth-order valence-electron chi connectivity index (χ4n) is 3.14. The van der Waals surface area contributed by atoms with Gasteiger partial charge in [-0.2, -0.15) is 0 Å². The molecule has 0 aliphatic carbocycles. The van der Waals surface area contributed by atoms with Crippen molar-refractivity contribution in [2.45, 2.75) is 30.2 Å². The molecule has 4 nitrogen and oxygen atoms in total. The van der Waals surface area contributed by atoms with Gasteiger partial charge < -0.3 is 15.5 Å². The van der Waals surface area contributed by atoms with Crippen LogP contribution < -0.4 is 10.6 Å². The molecule has 0 saturated carbocycles. The lowest BCUT2D eigenvalue weighted by atomic mass is 10.0. The number of hydrogen-bond acceptors (Lipinski definition) is 4. The van der Waals surface area contributed by atoms with E-state index in [9.17, 15) is 4.79 Å². The van der Waals surface area contributed by atoms with Crippen LogP contribution in [0.2, 0.25) is 0 Å². The lowest BCUT2D eigenvalue weighted by molar-refractivity contribution is -0.122. The van der Waals surface area contributed by atoms with Gasteiger partial charge >= 0.3 is 0 Å². The summed E-state index contributed by atoms with van der Waals surface area (Å²) in [5.74, 6) is 1.27. The van der Waals surface area contributed by atoms with Crippen molar-refractivity contribution in [2.75, 3.05) is 38.5 Å². The lowest BCUT2D eigenvalue weighted by Gasteiger charge is -2.26. The normalized spacial score (nSPS) is 22.6. The molecule has 1 aromatic rings. The number of nitrogens with zero attached hydrogens (tertiary/aromatic N) is 1. The van der Waals surface area contributed by atoms with E-state index in [4.69, 9.17) is 0 Å². The highest BCUT2D eigenvalue weighted by Crippen LogP contribution is 2.35. The maximum Gasteiger partial charge on any atom is 0.221 e. The molecule has 1 fully saturated rings. The summed E-state index contributed by atoms with van der Waals surface area (Å²) < 4.78 is 0. The van der Waals surface area contributed by atoms with E-state index in [1.54, 1.807) is 0 Å². The number of carbonyl (C=O) groups excluding carboxylic acids is 1. The molecular weight excluding hydrogens is 294 g/mol. The van der Waals surface area contributed by atoms with Crippen LogP contribution in [0.4, 0.5) is 0 Å². The molecule has 5 heteroatoms. The van der Waals surface area contributed by atoms with E-state index in [-0.39, 0.29) is 11.9 Å². The van der Waals surface area contributed by atoms with E-state index in [0.717, 1.165) is 44.9 Å². The highest BCUT2D eigenvalue weighted by molar-refractivity contribution is 7.99. The Kier molecular flexibility index (Phi) is 5.76. The highest BCUT2D eigenvalue weighted by Gasteiger charge is 2.22. The zero-order valence-corrected chi connectivity index (χ0v) is 13.8. The first-order valence-corrected chi connectivity index (χ1v) is 9.25. The van der Waals surface area contributed by atoms with Crippen molar-refractivity contribution < 1.29 is 4.79 Å². The maximum absolute atomic E-state index is 12.3. The smallest absolute Gasteiger partial charge is 0.221 e. The Morgan fingerprint density at radius 1 is 1.32 bits per heavy atom. The number of carbonyl (C=O) groups is 1. The van der Waals surface area contributed by atoms with Crippen molar-refractivity contribution in [1.29, 1.82) is 0 Å². The topological polar surface area (TPSA) is 44.4 Å². The first-order valence-electron chi connectivity index (χ1n) is 8.27. The molecule has 1 saturated heterocycles. The molecule has 3 rings (SSSR count). The maximum atomic E-state index is 12.3. The third-order valence-electron chi connectivity index (χ3n) is 4.38. The molecule has 120 valence electrons. The quantitative estimate of drug-likeness (QED) is 0.891. The molecule has 2 heterocycles. The Morgan fingerprint density at radius 3 is 3.18 bits per heavy atom. The minimum atomic E-state index is 0.184. The van der Waals surface area contributed by atoms with Gasteiger partial charge in [-0.1, -0.05) is 18.2 Å². The molecule has 2 aliphatic rings. The number of thioether (sulfide) groups is 1. The summed E-state index contributed by atoms with van der Waals surface area (Å²) in [6.07, 6.45) is 2.81. The standard InChI is InChI=1S/C17H25N3OS/c21-17(6-11-20-10-3-8-18-9-12-20)19-15-7-13-22-16-5-2-1-4-14(15)16/h1-2,4-5,15,18H,3,6-13H2,(H,19,21). The summed E-state index contributed by atoms with van der Waals surface area (Å²) in [4.78, 5) is 16.0.